The Morgan fingerprint density at radius 2 is 2.33 bits per heavy atom. The summed E-state index contributed by atoms with van der Waals surface area (Å²) >= 11 is 0. The van der Waals surface area contributed by atoms with Crippen molar-refractivity contribution in [2.24, 2.45) is 0 Å². The Bertz CT molecular complexity index is 541. The summed E-state index contributed by atoms with van der Waals surface area (Å²) in [5.41, 5.74) is 0.181. The number of nitrogens with zero attached hydrogens (tertiary/aromatic N) is 2. The minimum atomic E-state index is -0.516. The molecule has 1 aromatic heterocycles. The number of hydrogen-bond donors (Lipinski definition) is 0. The summed E-state index contributed by atoms with van der Waals surface area (Å²) in [6, 6.07) is 3.27. The molecule has 0 N–H and O–H groups in total. The van der Waals surface area contributed by atoms with Gasteiger partial charge in [-0.2, -0.15) is 5.26 Å². The van der Waals surface area contributed by atoms with E-state index in [1.54, 1.807) is 13.0 Å². The average molecular weight is 200 g/mol. The summed E-state index contributed by atoms with van der Waals surface area (Å²) in [6.07, 6.45) is 5.62. The van der Waals surface area contributed by atoms with Gasteiger partial charge in [-0.25, -0.2) is 0 Å². The first-order chi connectivity index (χ1) is 7.15. The van der Waals surface area contributed by atoms with Gasteiger partial charge in [-0.3, -0.25) is 14.2 Å². The van der Waals surface area contributed by atoms with Crippen molar-refractivity contribution >= 4 is 6.29 Å². The van der Waals surface area contributed by atoms with Crippen molar-refractivity contribution in [1.29, 1.82) is 5.26 Å². The van der Waals surface area contributed by atoms with E-state index in [9.17, 15) is 9.59 Å². The Balaban J connectivity index is 3.64. The number of aldehydes is 1. The quantitative estimate of drug-likeness (QED) is 0.515. The Hall–Kier alpha value is -2.33. The fraction of sp³-hybridized carbons (Fsp3) is 0.182. The standard InChI is InChI=1S/C11H8N2O2/c1-3-4-13-9(7-14)5-8(2)10(6-12)11(13)15/h1,5,7H,4H2,2H3. The van der Waals surface area contributed by atoms with E-state index in [1.807, 2.05) is 0 Å². The molecule has 0 aliphatic carbocycles. The maximum Gasteiger partial charge on any atom is 0.270 e. The van der Waals surface area contributed by atoms with Gasteiger partial charge in [-0.05, 0) is 18.6 Å². The predicted molar refractivity (Wildman–Crippen MR) is 54.4 cm³/mol. The van der Waals surface area contributed by atoms with Crippen LogP contribution in [0.15, 0.2) is 10.9 Å². The van der Waals surface area contributed by atoms with Gasteiger partial charge in [0.2, 0.25) is 0 Å². The van der Waals surface area contributed by atoms with Crippen LogP contribution in [-0.4, -0.2) is 10.9 Å². The number of rotatable bonds is 2. The van der Waals surface area contributed by atoms with Crippen molar-refractivity contribution in [2.75, 3.05) is 0 Å². The fourth-order valence-electron chi connectivity index (χ4n) is 1.28. The SMILES string of the molecule is C#CCn1c(C=O)cc(C)c(C#N)c1=O. The van der Waals surface area contributed by atoms with Crippen LogP contribution >= 0.6 is 0 Å². The molecular weight excluding hydrogens is 192 g/mol. The van der Waals surface area contributed by atoms with Crippen molar-refractivity contribution < 1.29 is 4.79 Å². The van der Waals surface area contributed by atoms with Crippen LogP contribution in [0.25, 0.3) is 0 Å². The van der Waals surface area contributed by atoms with Gasteiger partial charge in [0, 0.05) is 0 Å². The van der Waals surface area contributed by atoms with Crippen LogP contribution in [0.5, 0.6) is 0 Å². The zero-order valence-corrected chi connectivity index (χ0v) is 8.15. The number of carbonyl (C=O) groups is 1. The van der Waals surface area contributed by atoms with E-state index in [-0.39, 0.29) is 17.8 Å². The maximum atomic E-state index is 11.7. The van der Waals surface area contributed by atoms with Crippen LogP contribution in [-0.2, 0) is 6.54 Å². The molecule has 1 aromatic rings. The lowest BCUT2D eigenvalue weighted by Crippen LogP contribution is -2.26. The average Bonchev–Trinajstić information content (AvgIpc) is 2.22. The third kappa shape index (κ3) is 1.79. The highest BCUT2D eigenvalue weighted by Crippen LogP contribution is 2.04. The zero-order valence-electron chi connectivity index (χ0n) is 8.15. The molecule has 0 radical (unpaired) electrons. The van der Waals surface area contributed by atoms with Crippen LogP contribution in [0.1, 0.15) is 21.6 Å². The molecule has 0 unspecified atom stereocenters. The first-order valence-electron chi connectivity index (χ1n) is 4.19. The fourth-order valence-corrected chi connectivity index (χ4v) is 1.28. The summed E-state index contributed by atoms with van der Waals surface area (Å²) in [4.78, 5) is 22.4. The van der Waals surface area contributed by atoms with Gasteiger partial charge in [-0.15, -0.1) is 6.42 Å². The van der Waals surface area contributed by atoms with Gasteiger partial charge in [0.1, 0.15) is 11.6 Å². The summed E-state index contributed by atoms with van der Waals surface area (Å²) in [5, 5.41) is 8.75. The van der Waals surface area contributed by atoms with Crippen LogP contribution < -0.4 is 5.56 Å². The normalized spacial score (nSPS) is 9.00. The Morgan fingerprint density at radius 3 is 2.80 bits per heavy atom. The summed E-state index contributed by atoms with van der Waals surface area (Å²) in [5.74, 6) is 2.26. The van der Waals surface area contributed by atoms with Crippen molar-refractivity contribution in [2.45, 2.75) is 13.5 Å². The second kappa shape index (κ2) is 4.26. The Kier molecular flexibility index (Phi) is 3.05. The molecule has 0 aliphatic heterocycles. The smallest absolute Gasteiger partial charge is 0.270 e. The zero-order chi connectivity index (χ0) is 11.4. The predicted octanol–water partition coefficient (Wildman–Crippen LogP) is 0.474. The van der Waals surface area contributed by atoms with Crippen LogP contribution in [0, 0.1) is 30.6 Å². The van der Waals surface area contributed by atoms with E-state index >= 15 is 0 Å². The summed E-state index contributed by atoms with van der Waals surface area (Å²) in [7, 11) is 0. The number of aryl methyl sites for hydroxylation is 1. The highest BCUT2D eigenvalue weighted by Gasteiger charge is 2.10. The molecule has 1 rings (SSSR count). The number of aromatic nitrogens is 1. The van der Waals surface area contributed by atoms with Gasteiger partial charge in [0.25, 0.3) is 5.56 Å². The molecule has 4 nitrogen and oxygen atoms in total. The van der Waals surface area contributed by atoms with E-state index in [2.05, 4.69) is 5.92 Å². The van der Waals surface area contributed by atoms with E-state index in [4.69, 9.17) is 11.7 Å². The molecule has 0 atom stereocenters. The molecule has 0 aromatic carbocycles. The number of carbonyl (C=O) groups excluding carboxylic acids is 1. The second-order valence-corrected chi connectivity index (χ2v) is 2.95. The molecule has 1 heterocycles. The number of pyridine rings is 1. The Labute approximate surface area is 86.8 Å². The second-order valence-electron chi connectivity index (χ2n) is 2.95. The summed E-state index contributed by atoms with van der Waals surface area (Å²) in [6.45, 7) is 1.59. The van der Waals surface area contributed by atoms with Crippen molar-refractivity contribution in [1.82, 2.24) is 4.57 Å². The molecule has 74 valence electrons. The molecule has 0 saturated heterocycles. The van der Waals surface area contributed by atoms with Crippen LogP contribution in [0.3, 0.4) is 0 Å². The van der Waals surface area contributed by atoms with Gasteiger partial charge in [0.15, 0.2) is 6.29 Å². The van der Waals surface area contributed by atoms with Crippen molar-refractivity contribution in [3.8, 4) is 18.4 Å². The van der Waals surface area contributed by atoms with Crippen molar-refractivity contribution in [3.63, 3.8) is 0 Å². The van der Waals surface area contributed by atoms with Gasteiger partial charge in [-0.1, -0.05) is 5.92 Å². The molecule has 0 amide bonds. The third-order valence-corrected chi connectivity index (χ3v) is 2.01. The molecule has 0 fully saturated rings. The third-order valence-electron chi connectivity index (χ3n) is 2.01. The first kappa shape index (κ1) is 10.7. The molecular formula is C11H8N2O2. The maximum absolute atomic E-state index is 11.7. The molecule has 4 heteroatoms. The van der Waals surface area contributed by atoms with E-state index in [1.165, 1.54) is 6.07 Å². The first-order valence-corrected chi connectivity index (χ1v) is 4.19. The van der Waals surface area contributed by atoms with E-state index < -0.39 is 5.56 Å². The molecule has 0 spiro atoms. The molecule has 15 heavy (non-hydrogen) atoms. The largest absolute Gasteiger partial charge is 0.296 e. The minimum Gasteiger partial charge on any atom is -0.296 e. The van der Waals surface area contributed by atoms with E-state index in [0.717, 1.165) is 4.57 Å². The number of terminal acetylenes is 1. The molecule has 0 bridgehead atoms. The van der Waals surface area contributed by atoms with Crippen molar-refractivity contribution in [3.05, 3.63) is 33.2 Å². The van der Waals surface area contributed by atoms with E-state index in [0.29, 0.717) is 11.8 Å². The van der Waals surface area contributed by atoms with Crippen LogP contribution in [0.4, 0.5) is 0 Å². The number of hydrogen-bond acceptors (Lipinski definition) is 3. The minimum absolute atomic E-state index is 0.0120. The van der Waals surface area contributed by atoms with Gasteiger partial charge in [0.05, 0.1) is 12.2 Å². The topological polar surface area (TPSA) is 62.9 Å². The number of nitriles is 1. The highest BCUT2D eigenvalue weighted by molar-refractivity contribution is 5.73. The van der Waals surface area contributed by atoms with Crippen LogP contribution in [0.2, 0.25) is 0 Å². The molecule has 0 aliphatic rings. The molecule has 0 saturated carbocycles. The monoisotopic (exact) mass is 200 g/mol. The lowest BCUT2D eigenvalue weighted by atomic mass is 10.1. The van der Waals surface area contributed by atoms with Gasteiger partial charge < -0.3 is 0 Å². The Morgan fingerprint density at radius 1 is 1.67 bits per heavy atom. The lowest BCUT2D eigenvalue weighted by Gasteiger charge is -2.07. The lowest BCUT2D eigenvalue weighted by molar-refractivity contribution is 0.111. The summed E-state index contributed by atoms with van der Waals surface area (Å²) < 4.78 is 1.11. The van der Waals surface area contributed by atoms with Gasteiger partial charge >= 0.3 is 0 Å². The highest BCUT2D eigenvalue weighted by atomic mass is 16.1.